The Hall–Kier alpha value is -2.37. The van der Waals surface area contributed by atoms with E-state index in [1.165, 1.54) is 0 Å². The van der Waals surface area contributed by atoms with E-state index in [9.17, 15) is 9.59 Å². The summed E-state index contributed by atoms with van der Waals surface area (Å²) >= 11 is 0. The molecule has 1 aromatic heterocycles. The molecule has 0 spiro atoms. The molecule has 134 valence electrons. The highest BCUT2D eigenvalue weighted by Gasteiger charge is 2.47. The van der Waals surface area contributed by atoms with Crippen LogP contribution >= 0.6 is 0 Å². The number of hydrogen-bond acceptors (Lipinski definition) is 6. The quantitative estimate of drug-likeness (QED) is 0.340. The Kier molecular flexibility index (Phi) is 6.17. The maximum Gasteiger partial charge on any atom is 0.237 e. The van der Waals surface area contributed by atoms with E-state index in [1.807, 2.05) is 13.0 Å². The van der Waals surface area contributed by atoms with Crippen molar-refractivity contribution in [2.45, 2.75) is 45.6 Å². The van der Waals surface area contributed by atoms with Crippen LogP contribution in [-0.4, -0.2) is 40.8 Å². The number of nitrogens with two attached hydrogens (primary N) is 1. The minimum Gasteiger partial charge on any atom is -0.294 e. The molecule has 0 aromatic carbocycles. The zero-order chi connectivity index (χ0) is 18.4. The van der Waals surface area contributed by atoms with Crippen LogP contribution in [-0.2, 0) is 9.59 Å². The highest BCUT2D eigenvalue weighted by atomic mass is 16.2. The van der Waals surface area contributed by atoms with Gasteiger partial charge in [0.15, 0.2) is 11.8 Å². The van der Waals surface area contributed by atoms with Crippen LogP contribution in [0.5, 0.6) is 0 Å². The molecule has 1 amide bonds. The third-order valence-electron chi connectivity index (χ3n) is 4.97. The first kappa shape index (κ1) is 19.0. The van der Waals surface area contributed by atoms with Crippen molar-refractivity contribution in [3.8, 4) is 6.07 Å². The third-order valence-corrected chi connectivity index (χ3v) is 4.97. The van der Waals surface area contributed by atoms with Crippen LogP contribution < -0.4 is 15.8 Å². The highest BCUT2D eigenvalue weighted by molar-refractivity contribution is 5.85. The lowest BCUT2D eigenvalue weighted by Gasteiger charge is -2.46. The van der Waals surface area contributed by atoms with E-state index >= 15 is 0 Å². The number of quaternary nitrogens is 1. The molecule has 0 aliphatic carbocycles. The van der Waals surface area contributed by atoms with Crippen LogP contribution in [0.1, 0.15) is 45.4 Å². The fourth-order valence-corrected chi connectivity index (χ4v) is 4.08. The number of nitrogens with one attached hydrogen (secondary N) is 1. The summed E-state index contributed by atoms with van der Waals surface area (Å²) in [5, 5.41) is 9.14. The number of hydrogen-bond donors (Lipinski definition) is 2. The maximum absolute atomic E-state index is 12.6. The molecule has 1 aromatic rings. The molecule has 1 fully saturated rings. The second-order valence-electron chi connectivity index (χ2n) is 6.70. The molecule has 0 saturated carbocycles. The predicted molar refractivity (Wildman–Crippen MR) is 92.7 cm³/mol. The summed E-state index contributed by atoms with van der Waals surface area (Å²) in [5.74, 6) is 5.48. The number of hydrazine groups is 1. The van der Waals surface area contributed by atoms with Gasteiger partial charge >= 0.3 is 0 Å². The van der Waals surface area contributed by atoms with Crippen molar-refractivity contribution in [2.24, 2.45) is 11.8 Å². The Bertz CT molecular complexity index is 678. The van der Waals surface area contributed by atoms with Gasteiger partial charge in [0.25, 0.3) is 0 Å². The van der Waals surface area contributed by atoms with Gasteiger partial charge in [-0.3, -0.25) is 19.5 Å². The normalized spacial score (nSPS) is 18.6. The lowest BCUT2D eigenvalue weighted by atomic mass is 9.88. The first-order valence-corrected chi connectivity index (χ1v) is 8.55. The van der Waals surface area contributed by atoms with E-state index in [2.05, 4.69) is 15.4 Å². The van der Waals surface area contributed by atoms with E-state index in [-0.39, 0.29) is 29.9 Å². The summed E-state index contributed by atoms with van der Waals surface area (Å²) in [7, 11) is 0. The molecular weight excluding hydrogens is 320 g/mol. The van der Waals surface area contributed by atoms with Gasteiger partial charge in [0.1, 0.15) is 6.07 Å². The Labute approximate surface area is 147 Å². The van der Waals surface area contributed by atoms with Crippen LogP contribution in [0.25, 0.3) is 0 Å². The summed E-state index contributed by atoms with van der Waals surface area (Å²) in [6.45, 7) is 4.95. The number of likely N-dealkylation sites (tertiary alicyclic amines) is 1. The molecule has 1 aliphatic heterocycles. The number of aromatic nitrogens is 2. The number of nitriles is 1. The molecule has 1 saturated heterocycles. The van der Waals surface area contributed by atoms with Crippen molar-refractivity contribution in [1.82, 2.24) is 19.9 Å². The Balaban J connectivity index is 2.50. The fourth-order valence-electron chi connectivity index (χ4n) is 4.08. The second kappa shape index (κ2) is 8.14. The second-order valence-corrected chi connectivity index (χ2v) is 6.70. The molecule has 8 nitrogen and oxygen atoms in total. The first-order chi connectivity index (χ1) is 11.9. The topological polar surface area (TPSA) is 122 Å². The zero-order valence-electron chi connectivity index (χ0n) is 14.7. The van der Waals surface area contributed by atoms with Crippen molar-refractivity contribution < 1.29 is 9.59 Å². The smallest absolute Gasteiger partial charge is 0.237 e. The lowest BCUT2D eigenvalue weighted by Crippen LogP contribution is -2.65. The molecule has 25 heavy (non-hydrogen) atoms. The van der Waals surface area contributed by atoms with Gasteiger partial charge in [-0.25, -0.2) is 10.8 Å². The van der Waals surface area contributed by atoms with E-state index in [0.717, 1.165) is 32.4 Å². The first-order valence-electron chi connectivity index (χ1n) is 8.55. The molecule has 0 radical (unpaired) electrons. The minimum absolute atomic E-state index is 0.0105. The Morgan fingerprint density at radius 1 is 1.40 bits per heavy atom. The molecule has 1 aliphatic rings. The summed E-state index contributed by atoms with van der Waals surface area (Å²) in [6, 6.07) is 3.32. The molecule has 0 bridgehead atoms. The molecule has 2 unspecified atom stereocenters. The SMILES string of the molecule is CC(=O)C(C(C)CC(=O)NN)[N+]1(c2ccnc(C#N)n2)CCCCC1. The van der Waals surface area contributed by atoms with E-state index in [1.54, 1.807) is 19.2 Å². The van der Waals surface area contributed by atoms with Gasteiger partial charge in [0, 0.05) is 31.5 Å². The molecule has 2 heterocycles. The fraction of sp³-hybridized carbons (Fsp3) is 0.588. The third kappa shape index (κ3) is 4.00. The van der Waals surface area contributed by atoms with Crippen LogP contribution in [0.2, 0.25) is 0 Å². The van der Waals surface area contributed by atoms with Crippen molar-refractivity contribution in [3.63, 3.8) is 0 Å². The number of Topliss-reactive ketones (excluding diaryl/α,β-unsaturated/α-hetero) is 1. The standard InChI is InChI=1S/C17H24N6O2/c1-12(10-16(25)22-19)17(13(2)24)23(8-4-3-5-9-23)15-6-7-20-14(11-18)21-15/h6-7,12,17H,3-5,8-10,19H2,1-2H3/p+1. The summed E-state index contributed by atoms with van der Waals surface area (Å²) in [6.07, 6.45) is 4.75. The van der Waals surface area contributed by atoms with Gasteiger partial charge < -0.3 is 0 Å². The van der Waals surface area contributed by atoms with Gasteiger partial charge in [-0.1, -0.05) is 6.92 Å². The van der Waals surface area contributed by atoms with Crippen LogP contribution in [0, 0.1) is 17.2 Å². The average Bonchev–Trinajstić information content (AvgIpc) is 2.62. The number of carbonyl (C=O) groups is 2. The van der Waals surface area contributed by atoms with Gasteiger partial charge in [-0.2, -0.15) is 10.2 Å². The van der Waals surface area contributed by atoms with Gasteiger partial charge in [0.05, 0.1) is 13.1 Å². The number of carbonyl (C=O) groups excluding carboxylic acids is 2. The zero-order valence-corrected chi connectivity index (χ0v) is 14.7. The number of ketones is 1. The van der Waals surface area contributed by atoms with Crippen molar-refractivity contribution in [1.29, 1.82) is 5.26 Å². The monoisotopic (exact) mass is 345 g/mol. The molecule has 2 atom stereocenters. The van der Waals surface area contributed by atoms with Crippen LogP contribution in [0.4, 0.5) is 5.82 Å². The van der Waals surface area contributed by atoms with Crippen molar-refractivity contribution in [2.75, 3.05) is 13.1 Å². The minimum atomic E-state index is -0.418. The number of rotatable bonds is 6. The number of amides is 1. The molecule has 3 N–H and O–H groups in total. The van der Waals surface area contributed by atoms with Crippen molar-refractivity contribution >= 4 is 17.5 Å². The molecule has 8 heteroatoms. The number of nitrogens with zero attached hydrogens (tertiary/aromatic N) is 4. The predicted octanol–water partition coefficient (Wildman–Crippen LogP) is 0.813. The van der Waals surface area contributed by atoms with Gasteiger partial charge in [-0.15, -0.1) is 0 Å². The summed E-state index contributed by atoms with van der Waals surface area (Å²) in [5.41, 5.74) is 2.14. The summed E-state index contributed by atoms with van der Waals surface area (Å²) in [4.78, 5) is 32.7. The average molecular weight is 345 g/mol. The van der Waals surface area contributed by atoms with E-state index in [4.69, 9.17) is 11.1 Å². The molecule has 2 rings (SSSR count). The van der Waals surface area contributed by atoms with E-state index < -0.39 is 6.04 Å². The molecular formula is C17H25N6O2+. The van der Waals surface area contributed by atoms with Crippen molar-refractivity contribution in [3.05, 3.63) is 18.1 Å². The van der Waals surface area contributed by atoms with E-state index in [0.29, 0.717) is 10.3 Å². The highest BCUT2D eigenvalue weighted by Crippen LogP contribution is 2.34. The summed E-state index contributed by atoms with van der Waals surface area (Å²) < 4.78 is 0.367. The lowest BCUT2D eigenvalue weighted by molar-refractivity contribution is -0.126. The Morgan fingerprint density at radius 2 is 2.08 bits per heavy atom. The van der Waals surface area contributed by atoms with Crippen LogP contribution in [0.15, 0.2) is 12.3 Å². The van der Waals surface area contributed by atoms with Crippen LogP contribution in [0.3, 0.4) is 0 Å². The van der Waals surface area contributed by atoms with Gasteiger partial charge in [-0.05, 0) is 19.3 Å². The maximum atomic E-state index is 12.6. The Morgan fingerprint density at radius 3 is 2.64 bits per heavy atom. The largest absolute Gasteiger partial charge is 0.294 e. The van der Waals surface area contributed by atoms with Gasteiger partial charge in [0.2, 0.25) is 17.5 Å². The number of piperidine rings is 1.